The maximum Gasteiger partial charge on any atom is 0.281 e. The topological polar surface area (TPSA) is 118 Å². The van der Waals surface area contributed by atoms with Gasteiger partial charge in [0.15, 0.2) is 5.03 Å². The van der Waals surface area contributed by atoms with Crippen molar-refractivity contribution >= 4 is 33.6 Å². The van der Waals surface area contributed by atoms with Crippen LogP contribution >= 0.6 is 0 Å². The summed E-state index contributed by atoms with van der Waals surface area (Å²) in [6.45, 7) is 13.5. The summed E-state index contributed by atoms with van der Waals surface area (Å²) >= 11 is 0. The van der Waals surface area contributed by atoms with Crippen LogP contribution in [0.4, 0.5) is 11.6 Å². The number of carbonyl (C=O) groups excluding carboxylic acids is 1. The van der Waals surface area contributed by atoms with Crippen LogP contribution in [0.2, 0.25) is 0 Å². The van der Waals surface area contributed by atoms with Gasteiger partial charge >= 0.3 is 0 Å². The standard InChI is InChI=1S/C29H41N5O3S/c1-19-17-29(5,6)34(18-19)26-22(27(35)33-38(36,37)24-13-9-12-23(30)31-24)16-21(25(32-26)28(2,3)4)15-14-20-10-7-8-11-20/h9,12-16,19-20H,7-8,10-11,17-18H2,1-6H3,(H2,30,31)(H,33,35)/t19-/m0/s1. The lowest BCUT2D eigenvalue weighted by Gasteiger charge is -2.35. The van der Waals surface area contributed by atoms with Crippen molar-refractivity contribution in [1.82, 2.24) is 14.7 Å². The average Bonchev–Trinajstić information content (AvgIpc) is 3.42. The van der Waals surface area contributed by atoms with Crippen molar-refractivity contribution in [3.8, 4) is 0 Å². The number of anilines is 2. The largest absolute Gasteiger partial charge is 0.384 e. The summed E-state index contributed by atoms with van der Waals surface area (Å²) in [6.07, 6.45) is 9.99. The molecular formula is C29H41N5O3S. The number of sulfonamides is 1. The van der Waals surface area contributed by atoms with Crippen LogP contribution in [-0.2, 0) is 15.4 Å². The molecule has 1 saturated heterocycles. The van der Waals surface area contributed by atoms with Crippen molar-refractivity contribution in [3.63, 3.8) is 0 Å². The molecule has 0 spiro atoms. The minimum Gasteiger partial charge on any atom is -0.384 e. The number of rotatable bonds is 6. The SMILES string of the molecule is C[C@@H]1CN(c2nc(C(C)(C)C)c(C=CC3CCCC3)cc2C(=O)NS(=O)(=O)c2cccc(N)n2)C(C)(C)C1. The Labute approximate surface area is 227 Å². The molecular weight excluding hydrogens is 498 g/mol. The van der Waals surface area contributed by atoms with E-state index in [9.17, 15) is 13.2 Å². The third-order valence-corrected chi connectivity index (χ3v) is 8.74. The highest BCUT2D eigenvalue weighted by molar-refractivity contribution is 7.90. The Hall–Kier alpha value is -2.94. The van der Waals surface area contributed by atoms with Crippen LogP contribution in [-0.4, -0.2) is 36.4 Å². The van der Waals surface area contributed by atoms with Gasteiger partial charge in [-0.2, -0.15) is 8.42 Å². The van der Waals surface area contributed by atoms with E-state index in [-0.39, 0.29) is 27.4 Å². The maximum absolute atomic E-state index is 13.7. The van der Waals surface area contributed by atoms with Gasteiger partial charge in [0.1, 0.15) is 11.6 Å². The molecule has 1 saturated carbocycles. The molecule has 1 amide bonds. The van der Waals surface area contributed by atoms with Crippen LogP contribution in [0.25, 0.3) is 6.08 Å². The Morgan fingerprint density at radius 1 is 1.18 bits per heavy atom. The van der Waals surface area contributed by atoms with E-state index in [1.807, 2.05) is 6.07 Å². The first kappa shape index (κ1) is 28.1. The fraction of sp³-hybridized carbons (Fsp3) is 0.552. The molecule has 3 heterocycles. The van der Waals surface area contributed by atoms with E-state index in [0.29, 0.717) is 17.7 Å². The Bertz CT molecular complexity index is 1340. The molecule has 1 atom stereocenters. The summed E-state index contributed by atoms with van der Waals surface area (Å²) in [5, 5.41) is -0.303. The van der Waals surface area contributed by atoms with Crippen molar-refractivity contribution in [3.05, 3.63) is 47.2 Å². The average molecular weight is 540 g/mol. The molecule has 2 fully saturated rings. The molecule has 4 rings (SSSR count). The van der Waals surface area contributed by atoms with Crippen LogP contribution in [0.5, 0.6) is 0 Å². The summed E-state index contributed by atoms with van der Waals surface area (Å²) in [5.41, 5.74) is 7.12. The monoisotopic (exact) mass is 539 g/mol. The van der Waals surface area contributed by atoms with Crippen molar-refractivity contribution in [2.45, 2.75) is 89.6 Å². The maximum atomic E-state index is 13.7. The van der Waals surface area contributed by atoms with Gasteiger partial charge in [0, 0.05) is 17.5 Å². The molecule has 0 radical (unpaired) electrons. The van der Waals surface area contributed by atoms with E-state index >= 15 is 0 Å². The minimum atomic E-state index is -4.24. The van der Waals surface area contributed by atoms with Gasteiger partial charge in [-0.15, -0.1) is 0 Å². The highest BCUT2D eigenvalue weighted by Crippen LogP contribution is 2.40. The number of carbonyl (C=O) groups is 1. The number of hydrogen-bond acceptors (Lipinski definition) is 7. The predicted molar refractivity (Wildman–Crippen MR) is 152 cm³/mol. The molecule has 206 valence electrons. The summed E-state index contributed by atoms with van der Waals surface area (Å²) in [5.74, 6) is 0.749. The molecule has 38 heavy (non-hydrogen) atoms. The van der Waals surface area contributed by atoms with Gasteiger partial charge in [0.2, 0.25) is 0 Å². The van der Waals surface area contributed by atoms with E-state index in [0.717, 1.165) is 37.1 Å². The number of pyridine rings is 2. The van der Waals surface area contributed by atoms with Gasteiger partial charge in [-0.25, -0.2) is 14.7 Å². The molecule has 1 aliphatic heterocycles. The first-order valence-electron chi connectivity index (χ1n) is 13.5. The number of hydrogen-bond donors (Lipinski definition) is 2. The fourth-order valence-corrected chi connectivity index (χ4v) is 6.72. The quantitative estimate of drug-likeness (QED) is 0.511. The van der Waals surface area contributed by atoms with Crippen molar-refractivity contribution in [1.29, 1.82) is 0 Å². The summed E-state index contributed by atoms with van der Waals surface area (Å²) in [4.78, 5) is 24.9. The zero-order valence-electron chi connectivity index (χ0n) is 23.4. The third-order valence-electron chi connectivity index (χ3n) is 7.51. The molecule has 0 bridgehead atoms. The Morgan fingerprint density at radius 2 is 1.87 bits per heavy atom. The van der Waals surface area contributed by atoms with Crippen molar-refractivity contribution in [2.24, 2.45) is 11.8 Å². The first-order valence-corrected chi connectivity index (χ1v) is 15.0. The molecule has 3 N–H and O–H groups in total. The van der Waals surface area contributed by atoms with E-state index in [1.165, 1.54) is 31.0 Å². The number of nitrogens with two attached hydrogens (primary N) is 1. The Kier molecular flexibility index (Phi) is 7.63. The van der Waals surface area contributed by atoms with Gasteiger partial charge in [-0.1, -0.05) is 58.8 Å². The lowest BCUT2D eigenvalue weighted by atomic mass is 9.87. The highest BCUT2D eigenvalue weighted by atomic mass is 32.2. The molecule has 0 aromatic carbocycles. The van der Waals surface area contributed by atoms with Crippen LogP contribution in [0.3, 0.4) is 0 Å². The highest BCUT2D eigenvalue weighted by Gasteiger charge is 2.40. The van der Waals surface area contributed by atoms with Gasteiger partial charge < -0.3 is 10.6 Å². The molecule has 0 unspecified atom stereocenters. The van der Waals surface area contributed by atoms with E-state index in [2.05, 4.69) is 68.3 Å². The molecule has 2 aliphatic rings. The number of nitrogens with zero attached hydrogens (tertiary/aromatic N) is 3. The molecule has 8 nitrogen and oxygen atoms in total. The van der Waals surface area contributed by atoms with Crippen LogP contribution in [0.1, 0.15) is 95.3 Å². The zero-order chi connectivity index (χ0) is 27.9. The van der Waals surface area contributed by atoms with Crippen LogP contribution < -0.4 is 15.4 Å². The van der Waals surface area contributed by atoms with Gasteiger partial charge in [-0.3, -0.25) is 4.79 Å². The number of allylic oxidation sites excluding steroid dienone is 1. The summed E-state index contributed by atoms with van der Waals surface area (Å²) < 4.78 is 28.4. The lowest BCUT2D eigenvalue weighted by molar-refractivity contribution is 0.0981. The predicted octanol–water partition coefficient (Wildman–Crippen LogP) is 5.30. The summed E-state index contributed by atoms with van der Waals surface area (Å²) in [6, 6.07) is 6.11. The fourth-order valence-electron chi connectivity index (χ4n) is 5.78. The van der Waals surface area contributed by atoms with E-state index in [4.69, 9.17) is 10.7 Å². The van der Waals surface area contributed by atoms with Gasteiger partial charge in [0.25, 0.3) is 15.9 Å². The van der Waals surface area contributed by atoms with E-state index in [1.54, 1.807) is 0 Å². The molecule has 2 aromatic rings. The summed E-state index contributed by atoms with van der Waals surface area (Å²) in [7, 11) is -4.24. The van der Waals surface area contributed by atoms with E-state index < -0.39 is 15.9 Å². The zero-order valence-corrected chi connectivity index (χ0v) is 24.2. The number of amides is 1. The number of aromatic nitrogens is 2. The Morgan fingerprint density at radius 3 is 2.45 bits per heavy atom. The number of nitrogen functional groups attached to an aromatic ring is 1. The van der Waals surface area contributed by atoms with Gasteiger partial charge in [-0.05, 0) is 68.7 Å². The molecule has 2 aromatic heterocycles. The molecule has 9 heteroatoms. The number of nitrogens with one attached hydrogen (secondary N) is 1. The van der Waals surface area contributed by atoms with Crippen molar-refractivity contribution < 1.29 is 13.2 Å². The van der Waals surface area contributed by atoms with Gasteiger partial charge in [0.05, 0.1) is 11.3 Å². The third kappa shape index (κ3) is 6.03. The second-order valence-electron chi connectivity index (χ2n) is 12.5. The minimum absolute atomic E-state index is 0.0596. The second-order valence-corrected chi connectivity index (χ2v) is 14.1. The smallest absolute Gasteiger partial charge is 0.281 e. The second kappa shape index (κ2) is 10.3. The Balaban J connectivity index is 1.84. The van der Waals surface area contributed by atoms with Crippen LogP contribution in [0.15, 0.2) is 35.4 Å². The first-order chi connectivity index (χ1) is 17.7. The lowest BCUT2D eigenvalue weighted by Crippen LogP contribution is -2.41. The normalized spacial score (nSPS) is 20.4. The van der Waals surface area contributed by atoms with Crippen molar-refractivity contribution in [2.75, 3.05) is 17.2 Å². The van der Waals surface area contributed by atoms with Crippen LogP contribution in [0, 0.1) is 11.8 Å². The molecule has 1 aliphatic carbocycles.